The molecule has 1 aromatic carbocycles. The predicted molar refractivity (Wildman–Crippen MR) is 76.7 cm³/mol. The van der Waals surface area contributed by atoms with Gasteiger partial charge in [0.05, 0.1) is 6.61 Å². The minimum atomic E-state index is 0.580. The molecule has 2 heteroatoms. The molecule has 18 heavy (non-hydrogen) atoms. The molecule has 0 bridgehead atoms. The Hall–Kier alpha value is -1.46. The van der Waals surface area contributed by atoms with E-state index in [4.69, 9.17) is 11.2 Å². The van der Waals surface area contributed by atoms with Crippen molar-refractivity contribution in [2.24, 2.45) is 5.92 Å². The first-order chi connectivity index (χ1) is 8.63. The van der Waals surface area contributed by atoms with Crippen LogP contribution in [0.15, 0.2) is 18.2 Å². The number of rotatable bonds is 7. The standard InChI is InChI=1S/C16H23NO/c1-5-6-9-18-16-8-7-14(4)10-15(16)12-17-11-13(2)3/h1,7-8,10,13,17H,6,9,11-12H2,2-4H3. The molecule has 0 saturated carbocycles. The predicted octanol–water partition coefficient (Wildman–Crippen LogP) is 3.14. The van der Waals surface area contributed by atoms with Crippen LogP contribution in [0.25, 0.3) is 0 Å². The molecule has 98 valence electrons. The topological polar surface area (TPSA) is 21.3 Å². The van der Waals surface area contributed by atoms with Gasteiger partial charge in [-0.15, -0.1) is 12.3 Å². The number of hydrogen-bond donors (Lipinski definition) is 1. The fourth-order valence-electron chi connectivity index (χ4n) is 1.70. The van der Waals surface area contributed by atoms with Crippen molar-refractivity contribution in [3.63, 3.8) is 0 Å². The Labute approximate surface area is 111 Å². The van der Waals surface area contributed by atoms with Crippen LogP contribution < -0.4 is 10.1 Å². The number of hydrogen-bond acceptors (Lipinski definition) is 2. The van der Waals surface area contributed by atoms with Gasteiger partial charge in [0.15, 0.2) is 0 Å². The van der Waals surface area contributed by atoms with E-state index in [0.717, 1.165) is 18.8 Å². The van der Waals surface area contributed by atoms with Crippen LogP contribution in [0.4, 0.5) is 0 Å². The SMILES string of the molecule is C#CCCOc1ccc(C)cc1CNCC(C)C. The lowest BCUT2D eigenvalue weighted by Crippen LogP contribution is -2.19. The molecule has 0 fully saturated rings. The van der Waals surface area contributed by atoms with Gasteiger partial charge in [0.2, 0.25) is 0 Å². The van der Waals surface area contributed by atoms with Crippen molar-refractivity contribution in [3.8, 4) is 18.1 Å². The lowest BCUT2D eigenvalue weighted by molar-refractivity contribution is 0.322. The highest BCUT2D eigenvalue weighted by atomic mass is 16.5. The molecule has 1 N–H and O–H groups in total. The summed E-state index contributed by atoms with van der Waals surface area (Å²) in [7, 11) is 0. The van der Waals surface area contributed by atoms with Crippen molar-refractivity contribution in [2.75, 3.05) is 13.2 Å². The normalized spacial score (nSPS) is 10.4. The van der Waals surface area contributed by atoms with Gasteiger partial charge in [-0.05, 0) is 25.5 Å². The van der Waals surface area contributed by atoms with Crippen LogP contribution in [0.5, 0.6) is 5.75 Å². The molecule has 0 aromatic heterocycles. The average molecular weight is 245 g/mol. The Balaban J connectivity index is 2.62. The van der Waals surface area contributed by atoms with E-state index < -0.39 is 0 Å². The molecule has 0 heterocycles. The Kier molecular flexibility index (Phi) is 6.32. The number of terminal acetylenes is 1. The Morgan fingerprint density at radius 3 is 2.83 bits per heavy atom. The van der Waals surface area contributed by atoms with E-state index in [1.165, 1.54) is 11.1 Å². The largest absolute Gasteiger partial charge is 0.492 e. The molecule has 0 aliphatic rings. The maximum atomic E-state index is 5.71. The lowest BCUT2D eigenvalue weighted by Gasteiger charge is -2.13. The second-order valence-electron chi connectivity index (χ2n) is 4.94. The van der Waals surface area contributed by atoms with Crippen LogP contribution in [-0.2, 0) is 6.54 Å². The van der Waals surface area contributed by atoms with Gasteiger partial charge in [-0.2, -0.15) is 0 Å². The summed E-state index contributed by atoms with van der Waals surface area (Å²) in [5, 5.41) is 3.44. The van der Waals surface area contributed by atoms with Crippen molar-refractivity contribution in [3.05, 3.63) is 29.3 Å². The van der Waals surface area contributed by atoms with Crippen molar-refractivity contribution in [2.45, 2.75) is 33.7 Å². The Morgan fingerprint density at radius 1 is 1.39 bits per heavy atom. The van der Waals surface area contributed by atoms with Crippen molar-refractivity contribution >= 4 is 0 Å². The highest BCUT2D eigenvalue weighted by Gasteiger charge is 2.04. The number of ether oxygens (including phenoxy) is 1. The van der Waals surface area contributed by atoms with Crippen LogP contribution in [0.3, 0.4) is 0 Å². The third-order valence-corrected chi connectivity index (χ3v) is 2.59. The molecule has 0 amide bonds. The second kappa shape index (κ2) is 7.79. The highest BCUT2D eigenvalue weighted by Crippen LogP contribution is 2.20. The molecule has 0 spiro atoms. The summed E-state index contributed by atoms with van der Waals surface area (Å²) in [5.41, 5.74) is 2.45. The maximum absolute atomic E-state index is 5.71. The molecule has 0 atom stereocenters. The zero-order valence-electron chi connectivity index (χ0n) is 11.6. The van der Waals surface area contributed by atoms with E-state index >= 15 is 0 Å². The first-order valence-electron chi connectivity index (χ1n) is 6.50. The molecule has 2 nitrogen and oxygen atoms in total. The van der Waals surface area contributed by atoms with Crippen molar-refractivity contribution in [1.82, 2.24) is 5.32 Å². The highest BCUT2D eigenvalue weighted by molar-refractivity contribution is 5.36. The maximum Gasteiger partial charge on any atom is 0.123 e. The summed E-state index contributed by atoms with van der Waals surface area (Å²) >= 11 is 0. The van der Waals surface area contributed by atoms with Gasteiger partial charge in [0, 0.05) is 18.5 Å². The van der Waals surface area contributed by atoms with Gasteiger partial charge < -0.3 is 10.1 Å². The fourth-order valence-corrected chi connectivity index (χ4v) is 1.70. The molecule has 0 aliphatic carbocycles. The molecule has 0 aliphatic heterocycles. The quantitative estimate of drug-likeness (QED) is 0.588. The third-order valence-electron chi connectivity index (χ3n) is 2.59. The number of aryl methyl sites for hydroxylation is 1. The van der Waals surface area contributed by atoms with Crippen molar-refractivity contribution in [1.29, 1.82) is 0 Å². The van der Waals surface area contributed by atoms with Gasteiger partial charge in [-0.25, -0.2) is 0 Å². The van der Waals surface area contributed by atoms with Gasteiger partial charge in [-0.1, -0.05) is 31.5 Å². The Bertz CT molecular complexity index is 404. The van der Waals surface area contributed by atoms with Gasteiger partial charge in [0.1, 0.15) is 5.75 Å². The van der Waals surface area contributed by atoms with Crippen LogP contribution in [0.2, 0.25) is 0 Å². The molecule has 0 unspecified atom stereocenters. The zero-order chi connectivity index (χ0) is 13.4. The minimum Gasteiger partial charge on any atom is -0.492 e. The summed E-state index contributed by atoms with van der Waals surface area (Å²) in [6, 6.07) is 6.26. The van der Waals surface area contributed by atoms with Crippen LogP contribution in [0, 0.1) is 25.2 Å². The monoisotopic (exact) mass is 245 g/mol. The zero-order valence-corrected chi connectivity index (χ0v) is 11.6. The Morgan fingerprint density at radius 2 is 2.17 bits per heavy atom. The molecule has 1 rings (SSSR count). The van der Waals surface area contributed by atoms with Gasteiger partial charge >= 0.3 is 0 Å². The van der Waals surface area contributed by atoms with E-state index in [1.54, 1.807) is 0 Å². The molecular weight excluding hydrogens is 222 g/mol. The van der Waals surface area contributed by atoms with Crippen molar-refractivity contribution < 1.29 is 4.74 Å². The smallest absolute Gasteiger partial charge is 0.123 e. The first kappa shape index (κ1) is 14.6. The summed E-state index contributed by atoms with van der Waals surface area (Å²) in [6.45, 7) is 8.93. The molecule has 1 aromatic rings. The molecule has 0 saturated heterocycles. The van der Waals surface area contributed by atoms with Crippen LogP contribution in [-0.4, -0.2) is 13.2 Å². The number of benzene rings is 1. The van der Waals surface area contributed by atoms with Gasteiger partial charge in [0.25, 0.3) is 0 Å². The minimum absolute atomic E-state index is 0.580. The summed E-state index contributed by atoms with van der Waals surface area (Å²) in [4.78, 5) is 0. The average Bonchev–Trinajstić information content (AvgIpc) is 2.31. The van der Waals surface area contributed by atoms with E-state index in [1.807, 2.05) is 6.07 Å². The summed E-state index contributed by atoms with van der Waals surface area (Å²) in [6.07, 6.45) is 5.87. The van der Waals surface area contributed by atoms with E-state index in [9.17, 15) is 0 Å². The third kappa shape index (κ3) is 5.25. The number of nitrogens with one attached hydrogen (secondary N) is 1. The molecular formula is C16H23NO. The van der Waals surface area contributed by atoms with E-state index in [0.29, 0.717) is 18.9 Å². The second-order valence-corrected chi connectivity index (χ2v) is 4.94. The summed E-state index contributed by atoms with van der Waals surface area (Å²) < 4.78 is 5.71. The van der Waals surface area contributed by atoms with E-state index in [2.05, 4.69) is 44.1 Å². The lowest BCUT2D eigenvalue weighted by atomic mass is 10.1. The first-order valence-corrected chi connectivity index (χ1v) is 6.50. The van der Waals surface area contributed by atoms with E-state index in [-0.39, 0.29) is 0 Å². The van der Waals surface area contributed by atoms with Crippen LogP contribution >= 0.6 is 0 Å². The fraction of sp³-hybridized carbons (Fsp3) is 0.500. The van der Waals surface area contributed by atoms with Crippen LogP contribution in [0.1, 0.15) is 31.4 Å². The molecule has 0 radical (unpaired) electrons. The summed E-state index contributed by atoms with van der Waals surface area (Å²) in [5.74, 6) is 4.18. The van der Waals surface area contributed by atoms with Gasteiger partial charge in [-0.3, -0.25) is 0 Å².